The molecular weight excluding hydrogens is 209 g/mol. The Balaban J connectivity index is 2.50. The first-order valence-electron chi connectivity index (χ1n) is 4.42. The summed E-state index contributed by atoms with van der Waals surface area (Å²) in [5.74, 6) is 0. The van der Waals surface area contributed by atoms with Gasteiger partial charge in [0.05, 0.1) is 11.5 Å². The molecule has 0 spiro atoms. The van der Waals surface area contributed by atoms with Crippen molar-refractivity contribution < 1.29 is 4.57 Å². The average Bonchev–Trinajstić information content (AvgIpc) is 2.66. The maximum Gasteiger partial charge on any atom is 0.194 e. The third-order valence-electron chi connectivity index (χ3n) is 2.17. The zero-order valence-electron chi connectivity index (χ0n) is 8.21. The summed E-state index contributed by atoms with van der Waals surface area (Å²) in [6.45, 7) is 0. The molecule has 0 saturated heterocycles. The van der Waals surface area contributed by atoms with Gasteiger partial charge in [-0.15, -0.1) is 0 Å². The summed E-state index contributed by atoms with van der Waals surface area (Å²) < 4.78 is 12.5. The SMILES string of the molecule is Cn1cc(-c2ccc(N)c(P=O)c2)cn1. The predicted molar refractivity (Wildman–Crippen MR) is 60.3 cm³/mol. The maximum absolute atomic E-state index is 10.8. The van der Waals surface area contributed by atoms with Gasteiger partial charge in [-0.2, -0.15) is 5.10 Å². The number of nitrogen functional groups attached to an aromatic ring is 1. The molecule has 0 bridgehead atoms. The lowest BCUT2D eigenvalue weighted by molar-refractivity contribution is 0.603. The molecular formula is C10H10N3OP. The number of anilines is 1. The Hall–Kier alpha value is -1.67. The number of benzene rings is 1. The van der Waals surface area contributed by atoms with E-state index in [0.29, 0.717) is 11.0 Å². The van der Waals surface area contributed by atoms with Crippen molar-refractivity contribution in [3.8, 4) is 11.1 Å². The van der Waals surface area contributed by atoms with Crippen LogP contribution in [0.2, 0.25) is 0 Å². The van der Waals surface area contributed by atoms with Gasteiger partial charge in [0.2, 0.25) is 0 Å². The number of hydrogen-bond donors (Lipinski definition) is 1. The normalized spacial score (nSPS) is 10.7. The van der Waals surface area contributed by atoms with Crippen LogP contribution in [-0.4, -0.2) is 9.78 Å². The number of aryl methyl sites for hydroxylation is 1. The fourth-order valence-electron chi connectivity index (χ4n) is 1.37. The number of nitrogens with two attached hydrogens (primary N) is 1. The highest BCUT2D eigenvalue weighted by molar-refractivity contribution is 7.34. The van der Waals surface area contributed by atoms with Crippen molar-refractivity contribution in [2.45, 2.75) is 0 Å². The minimum Gasteiger partial charge on any atom is -0.398 e. The lowest BCUT2D eigenvalue weighted by Gasteiger charge is -2.00. The summed E-state index contributed by atoms with van der Waals surface area (Å²) >= 11 is 0. The Morgan fingerprint density at radius 1 is 1.40 bits per heavy atom. The van der Waals surface area contributed by atoms with Gasteiger partial charge in [-0.3, -0.25) is 9.25 Å². The van der Waals surface area contributed by atoms with E-state index in [4.69, 9.17) is 5.73 Å². The second-order valence-electron chi connectivity index (χ2n) is 3.27. The first kappa shape index (κ1) is 9.87. The van der Waals surface area contributed by atoms with Crippen molar-refractivity contribution in [3.63, 3.8) is 0 Å². The van der Waals surface area contributed by atoms with E-state index in [1.165, 1.54) is 0 Å². The lowest BCUT2D eigenvalue weighted by Crippen LogP contribution is -2.01. The zero-order valence-corrected chi connectivity index (χ0v) is 9.11. The average molecular weight is 219 g/mol. The second kappa shape index (κ2) is 3.83. The number of aromatic nitrogens is 2. The molecule has 2 N–H and O–H groups in total. The van der Waals surface area contributed by atoms with Crippen LogP contribution in [0.15, 0.2) is 30.6 Å². The lowest BCUT2D eigenvalue weighted by atomic mass is 10.1. The number of hydrogen-bond acceptors (Lipinski definition) is 3. The largest absolute Gasteiger partial charge is 0.398 e. The standard InChI is InChI=1S/C10H10N3OP/c1-13-6-8(5-12-13)7-2-3-9(11)10(4-7)15-14/h2-6H,11H2,1H3. The summed E-state index contributed by atoms with van der Waals surface area (Å²) in [6.07, 6.45) is 3.66. The Morgan fingerprint density at radius 2 is 2.20 bits per heavy atom. The summed E-state index contributed by atoms with van der Waals surface area (Å²) in [5.41, 5.74) is 8.15. The van der Waals surface area contributed by atoms with E-state index in [0.717, 1.165) is 11.1 Å². The van der Waals surface area contributed by atoms with Crippen LogP contribution in [0.25, 0.3) is 11.1 Å². The quantitative estimate of drug-likeness (QED) is 0.616. The Morgan fingerprint density at radius 3 is 2.80 bits per heavy atom. The second-order valence-corrected chi connectivity index (χ2v) is 3.93. The van der Waals surface area contributed by atoms with Crippen molar-refractivity contribution in [1.29, 1.82) is 0 Å². The number of nitrogens with zero attached hydrogens (tertiary/aromatic N) is 2. The first-order chi connectivity index (χ1) is 7.20. The van der Waals surface area contributed by atoms with Crippen LogP contribution in [0, 0.1) is 0 Å². The van der Waals surface area contributed by atoms with Gasteiger partial charge in [0.25, 0.3) is 0 Å². The molecule has 0 aliphatic rings. The van der Waals surface area contributed by atoms with Crippen molar-refractivity contribution in [3.05, 3.63) is 30.6 Å². The topological polar surface area (TPSA) is 60.9 Å². The molecule has 1 aromatic heterocycles. The van der Waals surface area contributed by atoms with Crippen LogP contribution in [0.5, 0.6) is 0 Å². The Labute approximate surface area is 88.9 Å². The highest BCUT2D eigenvalue weighted by Gasteiger charge is 2.04. The van der Waals surface area contributed by atoms with Gasteiger partial charge in [-0.25, -0.2) is 0 Å². The summed E-state index contributed by atoms with van der Waals surface area (Å²) in [4.78, 5) is 0. The van der Waals surface area contributed by atoms with Crippen LogP contribution < -0.4 is 11.0 Å². The van der Waals surface area contributed by atoms with Crippen LogP contribution in [0.1, 0.15) is 0 Å². The third-order valence-corrected chi connectivity index (χ3v) is 2.75. The van der Waals surface area contributed by atoms with E-state index < -0.39 is 0 Å². The molecule has 1 heterocycles. The van der Waals surface area contributed by atoms with Gasteiger partial charge < -0.3 is 5.73 Å². The molecule has 0 aliphatic heterocycles. The van der Waals surface area contributed by atoms with Gasteiger partial charge in [-0.05, 0) is 17.7 Å². The molecule has 0 aliphatic carbocycles. The molecule has 0 saturated carbocycles. The molecule has 0 amide bonds. The highest BCUT2D eigenvalue weighted by Crippen LogP contribution is 2.20. The van der Waals surface area contributed by atoms with Crippen LogP contribution in [0.3, 0.4) is 0 Å². The number of rotatable bonds is 2. The molecule has 0 radical (unpaired) electrons. The first-order valence-corrected chi connectivity index (χ1v) is 5.24. The summed E-state index contributed by atoms with van der Waals surface area (Å²) in [5, 5.41) is 4.68. The molecule has 0 atom stereocenters. The Bertz CT molecular complexity index is 507. The smallest absolute Gasteiger partial charge is 0.194 e. The minimum atomic E-state index is -0.0582. The van der Waals surface area contributed by atoms with Gasteiger partial charge >= 0.3 is 0 Å². The van der Waals surface area contributed by atoms with Crippen LogP contribution in [-0.2, 0) is 11.6 Å². The molecule has 15 heavy (non-hydrogen) atoms. The molecule has 76 valence electrons. The Kier molecular flexibility index (Phi) is 2.52. The van der Waals surface area contributed by atoms with E-state index in [1.807, 2.05) is 19.3 Å². The monoisotopic (exact) mass is 219 g/mol. The zero-order chi connectivity index (χ0) is 10.8. The van der Waals surface area contributed by atoms with Crippen LogP contribution in [0.4, 0.5) is 5.69 Å². The molecule has 1 aromatic carbocycles. The highest BCUT2D eigenvalue weighted by atomic mass is 31.1. The molecule has 2 rings (SSSR count). The van der Waals surface area contributed by atoms with Crippen molar-refractivity contribution >= 4 is 19.5 Å². The van der Waals surface area contributed by atoms with E-state index >= 15 is 0 Å². The molecule has 4 nitrogen and oxygen atoms in total. The molecule has 5 heteroatoms. The van der Waals surface area contributed by atoms with E-state index in [9.17, 15) is 4.57 Å². The van der Waals surface area contributed by atoms with E-state index in [2.05, 4.69) is 5.10 Å². The van der Waals surface area contributed by atoms with Gasteiger partial charge in [0.1, 0.15) is 0 Å². The van der Waals surface area contributed by atoms with E-state index in [1.54, 1.807) is 23.0 Å². The fourth-order valence-corrected chi connectivity index (χ4v) is 1.74. The van der Waals surface area contributed by atoms with Crippen LogP contribution >= 0.6 is 8.46 Å². The maximum atomic E-state index is 10.8. The van der Waals surface area contributed by atoms with Gasteiger partial charge in [-0.1, -0.05) is 6.07 Å². The van der Waals surface area contributed by atoms with Gasteiger partial charge in [0.15, 0.2) is 8.46 Å². The van der Waals surface area contributed by atoms with Crippen molar-refractivity contribution in [2.24, 2.45) is 7.05 Å². The van der Waals surface area contributed by atoms with Gasteiger partial charge in [0, 0.05) is 24.5 Å². The molecule has 0 unspecified atom stereocenters. The van der Waals surface area contributed by atoms with Crippen molar-refractivity contribution in [1.82, 2.24) is 9.78 Å². The third kappa shape index (κ3) is 1.90. The minimum absolute atomic E-state index is 0.0582. The predicted octanol–water partition coefficient (Wildman–Crippen LogP) is 1.59. The summed E-state index contributed by atoms with van der Waals surface area (Å²) in [6, 6.07) is 5.45. The van der Waals surface area contributed by atoms with Crippen molar-refractivity contribution in [2.75, 3.05) is 5.73 Å². The fraction of sp³-hybridized carbons (Fsp3) is 0.100. The van der Waals surface area contributed by atoms with E-state index in [-0.39, 0.29) is 8.46 Å². The molecule has 2 aromatic rings. The summed E-state index contributed by atoms with van der Waals surface area (Å²) in [7, 11) is 1.80. The molecule has 0 fully saturated rings.